The lowest BCUT2D eigenvalue weighted by Gasteiger charge is -2.12. The predicted octanol–water partition coefficient (Wildman–Crippen LogP) is 2.97. The molecule has 1 unspecified atom stereocenters. The smallest absolute Gasteiger partial charge is 0.280 e. The van der Waals surface area contributed by atoms with Crippen molar-refractivity contribution in [3.63, 3.8) is 0 Å². The molecule has 4 N–H and O–H groups in total. The van der Waals surface area contributed by atoms with Crippen molar-refractivity contribution < 1.29 is 18.3 Å². The molecule has 0 radical (unpaired) electrons. The molecule has 2 heterocycles. The zero-order valence-corrected chi connectivity index (χ0v) is 15.8. The van der Waals surface area contributed by atoms with Gasteiger partial charge in [0.1, 0.15) is 11.4 Å². The number of hydrogen-bond acceptors (Lipinski definition) is 6. The SMILES string of the molecule is COc1cnc(C(F)F)cc1-c1cnccc1C(=O)N=C(N)SC(N)C1CC1. The monoisotopic (exact) mass is 407 g/mol. The van der Waals surface area contributed by atoms with Crippen LogP contribution in [0.5, 0.6) is 5.75 Å². The van der Waals surface area contributed by atoms with E-state index in [4.69, 9.17) is 16.2 Å². The Morgan fingerprint density at radius 2 is 2.11 bits per heavy atom. The molecule has 148 valence electrons. The van der Waals surface area contributed by atoms with Gasteiger partial charge in [-0.15, -0.1) is 0 Å². The maximum atomic E-state index is 13.1. The molecule has 1 amide bonds. The van der Waals surface area contributed by atoms with E-state index >= 15 is 0 Å². The molecule has 0 bridgehead atoms. The topological polar surface area (TPSA) is 116 Å². The largest absolute Gasteiger partial charge is 0.494 e. The van der Waals surface area contributed by atoms with Gasteiger partial charge in [-0.1, -0.05) is 11.8 Å². The molecule has 0 aliphatic heterocycles. The highest BCUT2D eigenvalue weighted by atomic mass is 32.2. The number of alkyl halides is 2. The van der Waals surface area contributed by atoms with Crippen molar-refractivity contribution in [3.8, 4) is 16.9 Å². The summed E-state index contributed by atoms with van der Waals surface area (Å²) in [6.45, 7) is 0. The average molecular weight is 407 g/mol. The maximum absolute atomic E-state index is 13.1. The van der Waals surface area contributed by atoms with E-state index in [0.717, 1.165) is 24.6 Å². The fourth-order valence-electron chi connectivity index (χ4n) is 2.59. The number of pyridine rings is 2. The number of carbonyl (C=O) groups excluding carboxylic acids is 1. The van der Waals surface area contributed by atoms with Crippen molar-refractivity contribution in [2.45, 2.75) is 24.6 Å². The molecule has 1 fully saturated rings. The average Bonchev–Trinajstić information content (AvgIpc) is 3.52. The van der Waals surface area contributed by atoms with E-state index in [1.807, 2.05) is 0 Å². The normalized spacial score (nSPS) is 15.5. The molecule has 0 spiro atoms. The summed E-state index contributed by atoms with van der Waals surface area (Å²) < 4.78 is 31.4. The van der Waals surface area contributed by atoms with Crippen molar-refractivity contribution in [2.24, 2.45) is 22.4 Å². The Labute approximate surface area is 164 Å². The predicted molar refractivity (Wildman–Crippen MR) is 103 cm³/mol. The summed E-state index contributed by atoms with van der Waals surface area (Å²) >= 11 is 1.14. The van der Waals surface area contributed by atoms with E-state index in [0.29, 0.717) is 11.5 Å². The highest BCUT2D eigenvalue weighted by Crippen LogP contribution is 2.37. The zero-order chi connectivity index (χ0) is 20.3. The molecule has 7 nitrogen and oxygen atoms in total. The summed E-state index contributed by atoms with van der Waals surface area (Å²) in [4.78, 5) is 24.2. The van der Waals surface area contributed by atoms with E-state index < -0.39 is 18.0 Å². The van der Waals surface area contributed by atoms with Crippen molar-refractivity contribution in [3.05, 3.63) is 42.0 Å². The van der Waals surface area contributed by atoms with Crippen LogP contribution in [0.2, 0.25) is 0 Å². The van der Waals surface area contributed by atoms with Crippen molar-refractivity contribution in [1.29, 1.82) is 0 Å². The van der Waals surface area contributed by atoms with Gasteiger partial charge in [-0.2, -0.15) is 4.99 Å². The fourth-order valence-corrected chi connectivity index (χ4v) is 3.47. The van der Waals surface area contributed by atoms with E-state index in [1.165, 1.54) is 37.8 Å². The van der Waals surface area contributed by atoms with Crippen LogP contribution in [0, 0.1) is 5.92 Å². The number of rotatable bonds is 6. The molecule has 0 saturated heterocycles. The number of halogens is 2. The molecule has 28 heavy (non-hydrogen) atoms. The Hall–Kier alpha value is -2.59. The van der Waals surface area contributed by atoms with Gasteiger partial charge in [0.15, 0.2) is 5.17 Å². The number of thioether (sulfide) groups is 1. The number of aliphatic imine (C=N–C) groups is 1. The van der Waals surface area contributed by atoms with Crippen LogP contribution in [0.3, 0.4) is 0 Å². The number of hydrogen-bond donors (Lipinski definition) is 2. The molecule has 2 aromatic heterocycles. The molecule has 1 aliphatic carbocycles. The van der Waals surface area contributed by atoms with Crippen LogP contribution in [0.4, 0.5) is 8.78 Å². The van der Waals surface area contributed by atoms with Gasteiger partial charge in [0.2, 0.25) is 0 Å². The lowest BCUT2D eigenvalue weighted by molar-refractivity contribution is 0.100. The highest BCUT2D eigenvalue weighted by Gasteiger charge is 2.30. The summed E-state index contributed by atoms with van der Waals surface area (Å²) in [6, 6.07) is 2.62. The Balaban J connectivity index is 1.95. The molecule has 2 aromatic rings. The summed E-state index contributed by atoms with van der Waals surface area (Å²) in [5.74, 6) is -0.00409. The minimum atomic E-state index is -2.77. The Morgan fingerprint density at radius 1 is 1.36 bits per heavy atom. The summed E-state index contributed by atoms with van der Waals surface area (Å²) in [6.07, 6.45) is 3.29. The molecule has 3 rings (SSSR count). The van der Waals surface area contributed by atoms with Gasteiger partial charge >= 0.3 is 0 Å². The number of nitrogens with two attached hydrogens (primary N) is 2. The molecule has 1 saturated carbocycles. The van der Waals surface area contributed by atoms with Gasteiger partial charge in [0.25, 0.3) is 12.3 Å². The highest BCUT2D eigenvalue weighted by molar-refractivity contribution is 8.14. The first-order chi connectivity index (χ1) is 13.4. The minimum Gasteiger partial charge on any atom is -0.494 e. The fraction of sp³-hybridized carbons (Fsp3) is 0.333. The number of carbonyl (C=O) groups is 1. The number of ether oxygens (including phenoxy) is 1. The third-order valence-electron chi connectivity index (χ3n) is 4.23. The third-order valence-corrected chi connectivity index (χ3v) is 5.22. The van der Waals surface area contributed by atoms with Gasteiger partial charge in [0.05, 0.1) is 24.2 Å². The number of amides is 1. The Morgan fingerprint density at radius 3 is 2.75 bits per heavy atom. The molecular formula is C18H19F2N5O2S. The van der Waals surface area contributed by atoms with Gasteiger partial charge in [-0.05, 0) is 30.9 Å². The van der Waals surface area contributed by atoms with Gasteiger partial charge < -0.3 is 16.2 Å². The first kappa shape index (κ1) is 20.2. The number of amidine groups is 1. The van der Waals surface area contributed by atoms with Crippen LogP contribution in [0.1, 0.15) is 35.3 Å². The second-order valence-corrected chi connectivity index (χ2v) is 7.40. The van der Waals surface area contributed by atoms with Crippen LogP contribution < -0.4 is 16.2 Å². The van der Waals surface area contributed by atoms with Crippen LogP contribution in [-0.4, -0.2) is 33.5 Å². The first-order valence-electron chi connectivity index (χ1n) is 8.48. The van der Waals surface area contributed by atoms with Crippen LogP contribution >= 0.6 is 11.8 Å². The molecular weight excluding hydrogens is 388 g/mol. The maximum Gasteiger partial charge on any atom is 0.280 e. The lowest BCUT2D eigenvalue weighted by atomic mass is 10.0. The van der Waals surface area contributed by atoms with Crippen LogP contribution in [-0.2, 0) is 0 Å². The minimum absolute atomic E-state index is 0.0575. The quantitative estimate of drug-likeness (QED) is 0.429. The first-order valence-corrected chi connectivity index (χ1v) is 9.36. The van der Waals surface area contributed by atoms with Gasteiger partial charge in [-0.25, -0.2) is 8.78 Å². The second-order valence-electron chi connectivity index (χ2n) is 6.21. The molecule has 1 atom stereocenters. The summed E-state index contributed by atoms with van der Waals surface area (Å²) in [5.41, 5.74) is 12.1. The van der Waals surface area contributed by atoms with Crippen LogP contribution in [0.15, 0.2) is 35.7 Å². The van der Waals surface area contributed by atoms with E-state index in [-0.39, 0.29) is 27.4 Å². The van der Waals surface area contributed by atoms with E-state index in [9.17, 15) is 13.6 Å². The summed E-state index contributed by atoms with van der Waals surface area (Å²) in [5, 5.41) is -0.149. The van der Waals surface area contributed by atoms with Crippen LogP contribution in [0.25, 0.3) is 11.1 Å². The summed E-state index contributed by atoms with van der Waals surface area (Å²) in [7, 11) is 1.38. The number of nitrogens with zero attached hydrogens (tertiary/aromatic N) is 3. The van der Waals surface area contributed by atoms with Crippen molar-refractivity contribution >= 4 is 22.8 Å². The van der Waals surface area contributed by atoms with Gasteiger partial charge in [0, 0.05) is 23.5 Å². The number of aromatic nitrogens is 2. The van der Waals surface area contributed by atoms with Gasteiger partial charge in [-0.3, -0.25) is 14.8 Å². The van der Waals surface area contributed by atoms with Crippen molar-refractivity contribution in [2.75, 3.05) is 7.11 Å². The zero-order valence-electron chi connectivity index (χ0n) is 15.0. The number of methoxy groups -OCH3 is 1. The van der Waals surface area contributed by atoms with E-state index in [2.05, 4.69) is 15.0 Å². The molecule has 0 aromatic carbocycles. The Kier molecular flexibility index (Phi) is 6.20. The molecule has 10 heteroatoms. The lowest BCUT2D eigenvalue weighted by Crippen LogP contribution is -2.24. The molecule has 1 aliphatic rings. The third kappa shape index (κ3) is 4.63. The van der Waals surface area contributed by atoms with Crippen molar-refractivity contribution in [1.82, 2.24) is 9.97 Å². The second kappa shape index (κ2) is 8.61. The standard InChI is InChI=1S/C18H19F2N5O2S/c1-27-14-8-24-13(15(19)20)6-11(14)12-7-23-5-4-10(12)17(26)25-18(22)28-16(21)9-2-3-9/h4-9,15-16H,2-3,21H2,1H3,(H2,22,25,26). The van der Waals surface area contributed by atoms with E-state index in [1.54, 1.807) is 0 Å². The Bertz CT molecular complexity index is 905.